The number of anilines is 1. The number of rotatable bonds is 4. The number of aryl methyl sites for hydroxylation is 1. The van der Waals surface area contributed by atoms with Gasteiger partial charge in [0.25, 0.3) is 5.91 Å². The van der Waals surface area contributed by atoms with Gasteiger partial charge in [0.2, 0.25) is 10.0 Å². The second kappa shape index (κ2) is 17.8. The number of nitrogens with zero attached hydrogens (tertiary/aromatic N) is 3. The summed E-state index contributed by atoms with van der Waals surface area (Å²) in [7, 11) is -2.13. The molecule has 4 aliphatic heterocycles. The molecule has 55 heavy (non-hydrogen) atoms. The molecule has 1 N–H and O–H groups in total. The molecule has 7 rings (SSSR count). The van der Waals surface area contributed by atoms with Crippen molar-refractivity contribution in [2.75, 3.05) is 84.3 Å². The van der Waals surface area contributed by atoms with Crippen molar-refractivity contribution in [3.8, 4) is 5.75 Å². The van der Waals surface area contributed by atoms with Gasteiger partial charge in [0, 0.05) is 63.5 Å². The summed E-state index contributed by atoms with van der Waals surface area (Å²) in [5.74, 6) is 0.393. The van der Waals surface area contributed by atoms with Crippen molar-refractivity contribution in [2.24, 2.45) is 17.8 Å². The fourth-order valence-corrected chi connectivity index (χ4v) is 10.6. The quantitative estimate of drug-likeness (QED) is 0.396. The zero-order valence-electron chi connectivity index (χ0n) is 32.7. The lowest BCUT2D eigenvalue weighted by Gasteiger charge is -2.52. The molecule has 2 saturated heterocycles. The molecular formula is C42H59ClN4O7S. The molecule has 3 fully saturated rings. The molecule has 0 aromatic heterocycles. The molecule has 1 aliphatic carbocycles. The average Bonchev–Trinajstić information content (AvgIpc) is 3.47. The monoisotopic (exact) mass is 798 g/mol. The number of methoxy groups -OCH3 is 1. The van der Waals surface area contributed by atoms with Crippen molar-refractivity contribution in [1.29, 1.82) is 0 Å². The van der Waals surface area contributed by atoms with Crippen LogP contribution in [0.2, 0.25) is 5.02 Å². The predicted molar refractivity (Wildman–Crippen MR) is 216 cm³/mol. The number of piperazine rings is 1. The molecule has 0 radical (unpaired) electrons. The van der Waals surface area contributed by atoms with E-state index in [1.807, 2.05) is 44.4 Å². The molecule has 2 aromatic rings. The van der Waals surface area contributed by atoms with Crippen molar-refractivity contribution >= 4 is 33.2 Å². The molecule has 5 aliphatic rings. The topological polar surface area (TPSA) is 110 Å². The molecular weight excluding hydrogens is 740 g/mol. The van der Waals surface area contributed by atoms with E-state index in [1.165, 1.54) is 5.56 Å². The number of fused-ring (bicyclic) bond motifs is 3. The number of carbonyl (C=O) groups excluding carboxylic acids is 1. The molecule has 5 atom stereocenters. The summed E-state index contributed by atoms with van der Waals surface area (Å²) in [6.07, 6.45) is 9.82. The summed E-state index contributed by atoms with van der Waals surface area (Å²) in [6.45, 7) is 12.7. The van der Waals surface area contributed by atoms with Gasteiger partial charge < -0.3 is 23.8 Å². The van der Waals surface area contributed by atoms with Gasteiger partial charge in [-0.05, 0) is 105 Å². The van der Waals surface area contributed by atoms with Gasteiger partial charge in [-0.3, -0.25) is 14.6 Å². The van der Waals surface area contributed by atoms with Crippen molar-refractivity contribution in [2.45, 2.75) is 75.9 Å². The van der Waals surface area contributed by atoms with Crippen LogP contribution in [0.3, 0.4) is 0 Å². The Morgan fingerprint density at radius 2 is 1.75 bits per heavy atom. The lowest BCUT2D eigenvalue weighted by atomic mass is 9.63. The Kier molecular flexibility index (Phi) is 13.1. The lowest BCUT2D eigenvalue weighted by Crippen LogP contribution is -2.59. The molecule has 0 spiro atoms. The van der Waals surface area contributed by atoms with E-state index in [2.05, 4.69) is 31.6 Å². The van der Waals surface area contributed by atoms with Crippen LogP contribution in [0, 0.1) is 17.8 Å². The van der Waals surface area contributed by atoms with E-state index >= 15 is 0 Å². The van der Waals surface area contributed by atoms with Crippen molar-refractivity contribution in [3.63, 3.8) is 0 Å². The molecule has 2 aromatic carbocycles. The van der Waals surface area contributed by atoms with Gasteiger partial charge in [-0.15, -0.1) is 0 Å². The first-order valence-electron chi connectivity index (χ1n) is 20.2. The number of nitrogens with one attached hydrogen (secondary N) is 1. The van der Waals surface area contributed by atoms with Crippen LogP contribution < -0.4 is 14.4 Å². The standard InChI is InChI=1S/C42H59ClN4O7S/c1-30-7-6-15-42(51-3,29-45-17-19-46(20-18-45)37-27-52-21-22-53-28-37)38-13-10-34(38)25-47-16-5-4-8-32-23-36(43)12-9-35(32)26-54-40-14-11-33(24-39(40)47)41(48)44-55(49,50)31(30)2/h6,9,11-12,14-15,23-24,30-31,34,37-38H,4-5,7-8,10,13,16-22,25-29H2,1-3H3,(H,44,48)/b15-6+/t30-,31+,34-,38+,42+/m0/s1. The largest absolute Gasteiger partial charge is 0.487 e. The number of sulfonamides is 1. The molecule has 13 heteroatoms. The first-order valence-corrected chi connectivity index (χ1v) is 22.2. The Morgan fingerprint density at radius 3 is 2.47 bits per heavy atom. The predicted octanol–water partition coefficient (Wildman–Crippen LogP) is 5.55. The van der Waals surface area contributed by atoms with Crippen LogP contribution in [0.4, 0.5) is 5.69 Å². The van der Waals surface area contributed by atoms with E-state index in [9.17, 15) is 13.2 Å². The third-order valence-electron chi connectivity index (χ3n) is 12.9. The van der Waals surface area contributed by atoms with Crippen LogP contribution in [0.15, 0.2) is 48.6 Å². The summed E-state index contributed by atoms with van der Waals surface area (Å²) in [6, 6.07) is 11.6. The summed E-state index contributed by atoms with van der Waals surface area (Å²) in [5.41, 5.74) is 2.82. The Labute approximate surface area is 332 Å². The van der Waals surface area contributed by atoms with Crippen molar-refractivity contribution in [3.05, 3.63) is 70.3 Å². The number of benzene rings is 2. The number of allylic oxidation sites excluding steroid dienone is 1. The van der Waals surface area contributed by atoms with Crippen LogP contribution in [0.1, 0.15) is 67.4 Å². The second-order valence-electron chi connectivity index (χ2n) is 16.3. The molecule has 2 bridgehead atoms. The van der Waals surface area contributed by atoms with E-state index < -0.39 is 26.8 Å². The van der Waals surface area contributed by atoms with Crippen molar-refractivity contribution < 1.29 is 32.2 Å². The Hall–Kier alpha value is -2.71. The van der Waals surface area contributed by atoms with Gasteiger partial charge in [-0.25, -0.2) is 13.1 Å². The molecule has 11 nitrogen and oxygen atoms in total. The van der Waals surface area contributed by atoms with E-state index in [0.29, 0.717) is 61.7 Å². The number of hydrogen-bond donors (Lipinski definition) is 1. The lowest BCUT2D eigenvalue weighted by molar-refractivity contribution is -0.0973. The Morgan fingerprint density at radius 1 is 0.964 bits per heavy atom. The summed E-state index contributed by atoms with van der Waals surface area (Å²) in [4.78, 5) is 21.1. The fraction of sp³-hybridized carbons (Fsp3) is 0.643. The van der Waals surface area contributed by atoms with Crippen LogP contribution in [-0.4, -0.2) is 120 Å². The third kappa shape index (κ3) is 9.37. The van der Waals surface area contributed by atoms with Gasteiger partial charge in [0.1, 0.15) is 18.0 Å². The van der Waals surface area contributed by atoms with E-state index in [0.717, 1.165) is 89.2 Å². The summed E-state index contributed by atoms with van der Waals surface area (Å²) >= 11 is 6.42. The van der Waals surface area contributed by atoms with Gasteiger partial charge in [0.15, 0.2) is 0 Å². The third-order valence-corrected chi connectivity index (χ3v) is 15.1. The SMILES string of the molecule is CO[C@@]1(CN2CCN(C3COCCOC3)CC2)/C=C/C[C@H](C)[C@@H](C)S(=O)(=O)NC(=O)c2ccc3c(c2)N(CCCCc2cc(Cl)ccc2CO3)C[C@@H]2CC[C@H]21. The minimum absolute atomic E-state index is 0.233. The molecule has 1 amide bonds. The highest BCUT2D eigenvalue weighted by atomic mass is 35.5. The van der Waals surface area contributed by atoms with E-state index in [1.54, 1.807) is 13.0 Å². The number of halogens is 1. The minimum atomic E-state index is -3.97. The first kappa shape index (κ1) is 40.5. The molecule has 1 saturated carbocycles. The zero-order valence-corrected chi connectivity index (χ0v) is 34.3. The maximum Gasteiger partial charge on any atom is 0.264 e. The number of carbonyl (C=O) groups is 1. The maximum atomic E-state index is 13.6. The fourth-order valence-electron chi connectivity index (χ4n) is 9.08. The minimum Gasteiger partial charge on any atom is -0.487 e. The number of ether oxygens (including phenoxy) is 4. The molecule has 302 valence electrons. The highest BCUT2D eigenvalue weighted by Crippen LogP contribution is 2.47. The highest BCUT2D eigenvalue weighted by Gasteiger charge is 2.48. The first-order chi connectivity index (χ1) is 26.5. The zero-order chi connectivity index (χ0) is 38.6. The van der Waals surface area contributed by atoms with Gasteiger partial charge in [-0.2, -0.15) is 0 Å². The van der Waals surface area contributed by atoms with Crippen LogP contribution >= 0.6 is 11.6 Å². The van der Waals surface area contributed by atoms with E-state index in [4.69, 9.17) is 30.5 Å². The highest BCUT2D eigenvalue weighted by molar-refractivity contribution is 7.90. The number of amides is 1. The number of hydrogen-bond acceptors (Lipinski definition) is 10. The van der Waals surface area contributed by atoms with Crippen LogP contribution in [0.25, 0.3) is 0 Å². The summed E-state index contributed by atoms with van der Waals surface area (Å²) in [5, 5.41) is -0.0764. The maximum absolute atomic E-state index is 13.6. The van der Waals surface area contributed by atoms with Crippen molar-refractivity contribution in [1.82, 2.24) is 14.5 Å². The Bertz CT molecular complexity index is 1780. The van der Waals surface area contributed by atoms with Gasteiger partial charge >= 0.3 is 0 Å². The van der Waals surface area contributed by atoms with E-state index in [-0.39, 0.29) is 17.9 Å². The van der Waals surface area contributed by atoms with Gasteiger partial charge in [-0.1, -0.05) is 36.7 Å². The second-order valence-corrected chi connectivity index (χ2v) is 18.8. The molecule has 4 heterocycles. The normalized spacial score (nSPS) is 31.0. The van der Waals surface area contributed by atoms with Gasteiger partial charge in [0.05, 0.1) is 43.4 Å². The average molecular weight is 799 g/mol. The molecule has 0 unspecified atom stereocenters. The summed E-state index contributed by atoms with van der Waals surface area (Å²) < 4.78 is 54.5. The Balaban J connectivity index is 1.20. The van der Waals surface area contributed by atoms with Crippen LogP contribution in [-0.2, 0) is 37.3 Å². The smallest absolute Gasteiger partial charge is 0.264 e. The van der Waals surface area contributed by atoms with Crippen LogP contribution in [0.5, 0.6) is 5.75 Å².